The first-order valence-electron chi connectivity index (χ1n) is 9.37. The maximum atomic E-state index is 6.23. The molecule has 0 spiro atoms. The quantitative estimate of drug-likeness (QED) is 0.322. The molecule has 0 saturated carbocycles. The minimum absolute atomic E-state index is 0.703. The molecule has 3 aromatic rings. The average Bonchev–Trinajstić information content (AvgIpc) is 3.14. The monoisotopic (exact) mass is 606 g/mol. The van der Waals surface area contributed by atoms with Crippen LogP contribution in [0.4, 0.5) is 0 Å². The van der Waals surface area contributed by atoms with E-state index in [1.54, 1.807) is 5.79 Å². The Morgan fingerprint density at radius 2 is 1.04 bits per heavy atom. The second-order valence-electron chi connectivity index (χ2n) is 8.73. The number of fused-ring (bicyclic) bond motifs is 2. The van der Waals surface area contributed by atoms with Crippen LogP contribution in [-0.2, 0) is 0 Å². The Kier molecular flexibility index (Phi) is 6.18. The van der Waals surface area contributed by atoms with Gasteiger partial charge < -0.3 is 0 Å². The Morgan fingerprint density at radius 3 is 1.31 bits per heavy atom. The standard InChI is InChI=1S/C14H12O2S2.6CH3.2Sn/c1-3-15-11-9-5-7-18-14(9)12(16-4-2)10-6-8-17-13(10)11;;;;;;;;/h5-6H,3-4H2,1-2H3;6*1H3;;. The summed E-state index contributed by atoms with van der Waals surface area (Å²) in [6, 6.07) is 4.84. The van der Waals surface area contributed by atoms with Crippen LogP contribution in [0, 0.1) is 0 Å². The maximum absolute atomic E-state index is 6.23. The van der Waals surface area contributed by atoms with Gasteiger partial charge in [0.05, 0.1) is 0 Å². The van der Waals surface area contributed by atoms with Gasteiger partial charge in [0.1, 0.15) is 0 Å². The van der Waals surface area contributed by atoms with Crippen molar-refractivity contribution in [3.05, 3.63) is 12.1 Å². The predicted molar refractivity (Wildman–Crippen MR) is 126 cm³/mol. The predicted octanol–water partition coefficient (Wildman–Crippen LogP) is 6.00. The van der Waals surface area contributed by atoms with Crippen molar-refractivity contribution in [2.45, 2.75) is 43.5 Å². The van der Waals surface area contributed by atoms with Crippen molar-refractivity contribution in [1.82, 2.24) is 0 Å². The van der Waals surface area contributed by atoms with Gasteiger partial charge >= 0.3 is 175 Å². The first-order valence-corrected chi connectivity index (χ1v) is 31.0. The van der Waals surface area contributed by atoms with E-state index in [4.69, 9.17) is 9.47 Å². The van der Waals surface area contributed by atoms with Crippen LogP contribution in [0.5, 0.6) is 11.5 Å². The van der Waals surface area contributed by atoms with Crippen LogP contribution >= 0.6 is 22.7 Å². The molecular formula is C20H30O2S2Sn2. The Morgan fingerprint density at radius 1 is 0.692 bits per heavy atom. The fraction of sp³-hybridized carbons (Fsp3) is 0.500. The molecule has 0 aliphatic carbocycles. The molecule has 0 saturated heterocycles. The van der Waals surface area contributed by atoms with E-state index in [1.807, 2.05) is 22.7 Å². The summed E-state index contributed by atoms with van der Waals surface area (Å²) in [6.07, 6.45) is 0. The third-order valence-electron chi connectivity index (χ3n) is 4.42. The summed E-state index contributed by atoms with van der Waals surface area (Å²) in [5.41, 5.74) is 0. The Labute approximate surface area is 173 Å². The van der Waals surface area contributed by atoms with E-state index in [0.29, 0.717) is 13.2 Å². The summed E-state index contributed by atoms with van der Waals surface area (Å²) >= 11 is -0.402. The van der Waals surface area contributed by atoms with Crippen LogP contribution in [0.25, 0.3) is 20.2 Å². The zero-order chi connectivity index (χ0) is 19.3. The van der Waals surface area contributed by atoms with Crippen molar-refractivity contribution in [3.63, 3.8) is 0 Å². The molecule has 0 aliphatic heterocycles. The van der Waals surface area contributed by atoms with Crippen LogP contribution < -0.4 is 15.3 Å². The number of thiophene rings is 2. The SMILES string of the molecule is CCOc1c2c[c]([Sn]([CH3])([CH3])[CH3])sc2c(OCC)c2c[c]([Sn]([CH3])([CH3])[CH3])sc12. The molecule has 0 unspecified atom stereocenters. The van der Waals surface area contributed by atoms with Gasteiger partial charge in [-0.2, -0.15) is 0 Å². The minimum atomic E-state index is -2.15. The molecule has 0 radical (unpaired) electrons. The van der Waals surface area contributed by atoms with Crippen molar-refractivity contribution in [3.8, 4) is 11.5 Å². The van der Waals surface area contributed by atoms with Gasteiger partial charge in [0.25, 0.3) is 0 Å². The van der Waals surface area contributed by atoms with Gasteiger partial charge in [0.2, 0.25) is 0 Å². The molecule has 0 atom stereocenters. The summed E-state index contributed by atoms with van der Waals surface area (Å²) in [4.78, 5) is 14.9. The van der Waals surface area contributed by atoms with Crippen molar-refractivity contribution in [2.24, 2.45) is 0 Å². The van der Waals surface area contributed by atoms with E-state index in [9.17, 15) is 0 Å². The van der Waals surface area contributed by atoms with Crippen molar-refractivity contribution in [2.75, 3.05) is 13.2 Å². The molecule has 3 rings (SSSR count). The molecule has 6 heteroatoms. The number of benzene rings is 1. The molecule has 1 aromatic carbocycles. The van der Waals surface area contributed by atoms with Crippen LogP contribution in [0.15, 0.2) is 12.1 Å². The van der Waals surface area contributed by atoms with Crippen LogP contribution in [0.2, 0.25) is 29.6 Å². The molecule has 142 valence electrons. The number of rotatable bonds is 6. The van der Waals surface area contributed by atoms with Gasteiger partial charge in [0.15, 0.2) is 0 Å². The molecule has 0 N–H and O–H groups in total. The van der Waals surface area contributed by atoms with E-state index >= 15 is 0 Å². The van der Waals surface area contributed by atoms with Crippen LogP contribution in [-0.4, -0.2) is 50.0 Å². The van der Waals surface area contributed by atoms with E-state index in [2.05, 4.69) is 55.6 Å². The van der Waals surface area contributed by atoms with Gasteiger partial charge in [-0.3, -0.25) is 0 Å². The molecule has 2 aromatic heterocycles. The normalized spacial score (nSPS) is 12.9. The summed E-state index contributed by atoms with van der Waals surface area (Å²) in [5, 5.41) is 2.54. The van der Waals surface area contributed by atoms with E-state index < -0.39 is 36.8 Å². The van der Waals surface area contributed by atoms with E-state index in [1.165, 1.54) is 20.2 Å². The fourth-order valence-corrected chi connectivity index (χ4v) is 15.8. The molecule has 26 heavy (non-hydrogen) atoms. The zero-order valence-electron chi connectivity index (χ0n) is 17.2. The van der Waals surface area contributed by atoms with Gasteiger partial charge in [-0.25, -0.2) is 0 Å². The van der Waals surface area contributed by atoms with Crippen molar-refractivity contribution in [1.29, 1.82) is 0 Å². The third-order valence-corrected chi connectivity index (χ3v) is 25.5. The number of hydrogen-bond acceptors (Lipinski definition) is 4. The zero-order valence-corrected chi connectivity index (χ0v) is 24.5. The van der Waals surface area contributed by atoms with Gasteiger partial charge in [-0.05, 0) is 0 Å². The van der Waals surface area contributed by atoms with Gasteiger partial charge in [0, 0.05) is 0 Å². The summed E-state index contributed by atoms with van der Waals surface area (Å²) in [7, 11) is 0. The Hall–Kier alpha value is 0.337. The van der Waals surface area contributed by atoms with E-state index in [-0.39, 0.29) is 0 Å². The summed E-state index contributed by atoms with van der Waals surface area (Å²) in [6.45, 7) is 5.58. The first-order chi connectivity index (χ1) is 12.1. The summed E-state index contributed by atoms with van der Waals surface area (Å²) < 4.78 is 18.2. The topological polar surface area (TPSA) is 18.5 Å². The Balaban J connectivity index is 2.43. The number of hydrogen-bond donors (Lipinski definition) is 0. The van der Waals surface area contributed by atoms with Crippen LogP contribution in [0.1, 0.15) is 13.8 Å². The van der Waals surface area contributed by atoms with Crippen molar-refractivity contribution >= 4 is 85.4 Å². The molecule has 0 fully saturated rings. The van der Waals surface area contributed by atoms with Gasteiger partial charge in [-0.15, -0.1) is 0 Å². The molecule has 2 nitrogen and oxygen atoms in total. The molecule has 0 aliphatic rings. The first kappa shape index (κ1) is 21.1. The molecule has 0 bridgehead atoms. The van der Waals surface area contributed by atoms with Crippen molar-refractivity contribution < 1.29 is 9.47 Å². The molecule has 0 amide bonds. The third kappa shape index (κ3) is 3.89. The molecular weight excluding hydrogens is 574 g/mol. The van der Waals surface area contributed by atoms with Crippen LogP contribution in [0.3, 0.4) is 0 Å². The summed E-state index contributed by atoms with van der Waals surface area (Å²) in [5.74, 6) is 2.18. The second-order valence-corrected chi connectivity index (χ2v) is 41.7. The number of ether oxygens (including phenoxy) is 2. The Bertz CT molecular complexity index is 812. The van der Waals surface area contributed by atoms with E-state index in [0.717, 1.165) is 11.5 Å². The second kappa shape index (κ2) is 7.63. The fourth-order valence-electron chi connectivity index (χ4n) is 3.02. The average molecular weight is 604 g/mol. The molecule has 2 heterocycles. The van der Waals surface area contributed by atoms with Gasteiger partial charge in [-0.1, -0.05) is 0 Å².